The van der Waals surface area contributed by atoms with Crippen LogP contribution in [0.3, 0.4) is 0 Å². The number of fused-ring (bicyclic) bond motifs is 1. The van der Waals surface area contributed by atoms with E-state index in [1.807, 2.05) is 6.92 Å². The third-order valence-corrected chi connectivity index (χ3v) is 3.66. The average Bonchev–Trinajstić information content (AvgIpc) is 2.86. The van der Waals surface area contributed by atoms with Gasteiger partial charge in [0.25, 0.3) is 0 Å². The van der Waals surface area contributed by atoms with E-state index in [1.54, 1.807) is 0 Å². The maximum Gasteiger partial charge on any atom is 0.236 e. The summed E-state index contributed by atoms with van der Waals surface area (Å²) in [5.74, 6) is -0.0377. The summed E-state index contributed by atoms with van der Waals surface area (Å²) < 4.78 is 0. The third kappa shape index (κ3) is 3.47. The predicted octanol–water partition coefficient (Wildman–Crippen LogP) is 1.29. The van der Waals surface area contributed by atoms with Gasteiger partial charge in [-0.1, -0.05) is 25.1 Å². The Hall–Kier alpha value is -1.55. The van der Waals surface area contributed by atoms with Crippen molar-refractivity contribution in [1.82, 2.24) is 5.32 Å². The molecule has 1 aliphatic rings. The molecule has 1 aromatic rings. The van der Waals surface area contributed by atoms with Gasteiger partial charge in [-0.15, -0.1) is 0 Å². The second-order valence-corrected chi connectivity index (χ2v) is 5.03. The fourth-order valence-electron chi connectivity index (χ4n) is 2.44. The van der Waals surface area contributed by atoms with E-state index in [4.69, 9.17) is 5.73 Å². The Kier molecular flexibility index (Phi) is 4.80. The zero-order valence-electron chi connectivity index (χ0n) is 11.6. The van der Waals surface area contributed by atoms with Gasteiger partial charge in [-0.25, -0.2) is 0 Å². The van der Waals surface area contributed by atoms with Gasteiger partial charge in [0, 0.05) is 25.3 Å². The molecule has 1 atom stereocenters. The third-order valence-electron chi connectivity index (χ3n) is 3.66. The molecule has 3 N–H and O–H groups in total. The van der Waals surface area contributed by atoms with Crippen LogP contribution < -0.4 is 16.0 Å². The Bertz CT molecular complexity index is 433. The number of hydrogen-bond acceptors (Lipinski definition) is 3. The Balaban J connectivity index is 1.72. The highest BCUT2D eigenvalue weighted by atomic mass is 16.2. The van der Waals surface area contributed by atoms with Crippen molar-refractivity contribution in [2.24, 2.45) is 5.73 Å². The maximum atomic E-state index is 11.5. The summed E-state index contributed by atoms with van der Waals surface area (Å²) >= 11 is 0. The van der Waals surface area contributed by atoms with Crippen LogP contribution in [0.4, 0.5) is 5.69 Å². The molecule has 19 heavy (non-hydrogen) atoms. The number of amides is 1. The van der Waals surface area contributed by atoms with E-state index < -0.39 is 0 Å². The van der Waals surface area contributed by atoms with Crippen LogP contribution in [0.15, 0.2) is 24.3 Å². The van der Waals surface area contributed by atoms with Crippen molar-refractivity contribution in [3.8, 4) is 0 Å². The lowest BCUT2D eigenvalue weighted by Gasteiger charge is -2.19. The molecule has 1 amide bonds. The molecule has 0 radical (unpaired) electrons. The standard InChI is InChI=1S/C15H23N3O/c1-2-13(16)15(19)17-9-5-10-18-11-8-12-6-3-4-7-14(12)18/h3-4,6-7,13H,2,5,8-11,16H2,1H3,(H,17,19)/t13-/m0/s1. The SMILES string of the molecule is CC[C@H](N)C(=O)NCCCN1CCc2ccccc21. The summed E-state index contributed by atoms with van der Waals surface area (Å²) in [6.45, 7) is 4.69. The summed E-state index contributed by atoms with van der Waals surface area (Å²) in [5, 5.41) is 2.89. The number of nitrogens with two attached hydrogens (primary N) is 1. The van der Waals surface area contributed by atoms with Crippen molar-refractivity contribution >= 4 is 11.6 Å². The summed E-state index contributed by atoms with van der Waals surface area (Å²) in [6.07, 6.45) is 2.77. The zero-order valence-corrected chi connectivity index (χ0v) is 11.6. The molecular weight excluding hydrogens is 238 g/mol. The molecule has 0 bridgehead atoms. The average molecular weight is 261 g/mol. The van der Waals surface area contributed by atoms with Crippen molar-refractivity contribution < 1.29 is 4.79 Å². The first kappa shape index (κ1) is 13.9. The predicted molar refractivity (Wildman–Crippen MR) is 78.3 cm³/mol. The number of para-hydroxylation sites is 1. The van der Waals surface area contributed by atoms with Crippen molar-refractivity contribution in [3.05, 3.63) is 29.8 Å². The monoisotopic (exact) mass is 261 g/mol. The molecule has 0 aromatic heterocycles. The highest BCUT2D eigenvalue weighted by Gasteiger charge is 2.17. The summed E-state index contributed by atoms with van der Waals surface area (Å²) in [6, 6.07) is 8.17. The van der Waals surface area contributed by atoms with E-state index >= 15 is 0 Å². The molecule has 0 fully saturated rings. The van der Waals surface area contributed by atoms with Gasteiger partial charge in [0.2, 0.25) is 5.91 Å². The molecule has 1 heterocycles. The molecule has 0 saturated heterocycles. The second kappa shape index (κ2) is 6.57. The van der Waals surface area contributed by atoms with Gasteiger partial charge in [0.1, 0.15) is 0 Å². The van der Waals surface area contributed by atoms with Gasteiger partial charge in [0.15, 0.2) is 0 Å². The fraction of sp³-hybridized carbons (Fsp3) is 0.533. The van der Waals surface area contributed by atoms with Gasteiger partial charge >= 0.3 is 0 Å². The number of benzene rings is 1. The Labute approximate surface area is 115 Å². The van der Waals surface area contributed by atoms with Crippen LogP contribution in [0.1, 0.15) is 25.3 Å². The molecule has 104 valence electrons. The van der Waals surface area contributed by atoms with Gasteiger partial charge in [-0.3, -0.25) is 4.79 Å². The van der Waals surface area contributed by atoms with Gasteiger partial charge in [-0.05, 0) is 30.9 Å². The Morgan fingerprint density at radius 3 is 3.05 bits per heavy atom. The minimum absolute atomic E-state index is 0.0377. The van der Waals surface area contributed by atoms with E-state index in [9.17, 15) is 4.79 Å². The van der Waals surface area contributed by atoms with E-state index in [1.165, 1.54) is 11.3 Å². The molecule has 0 saturated carbocycles. The number of nitrogens with zero attached hydrogens (tertiary/aromatic N) is 1. The first-order chi connectivity index (χ1) is 9.22. The quantitative estimate of drug-likeness (QED) is 0.759. The number of carbonyl (C=O) groups excluding carboxylic acids is 1. The number of anilines is 1. The fourth-order valence-corrected chi connectivity index (χ4v) is 2.44. The molecule has 2 rings (SSSR count). The topological polar surface area (TPSA) is 58.4 Å². The van der Waals surface area contributed by atoms with Gasteiger partial charge < -0.3 is 16.0 Å². The lowest BCUT2D eigenvalue weighted by atomic mass is 10.2. The van der Waals surface area contributed by atoms with Crippen LogP contribution in [0.5, 0.6) is 0 Å². The van der Waals surface area contributed by atoms with Gasteiger partial charge in [0.05, 0.1) is 6.04 Å². The van der Waals surface area contributed by atoms with Crippen LogP contribution in [0.25, 0.3) is 0 Å². The smallest absolute Gasteiger partial charge is 0.236 e. The van der Waals surface area contributed by atoms with Crippen LogP contribution in [-0.2, 0) is 11.2 Å². The minimum atomic E-state index is -0.368. The highest BCUT2D eigenvalue weighted by molar-refractivity contribution is 5.81. The van der Waals surface area contributed by atoms with Crippen LogP contribution in [0, 0.1) is 0 Å². The molecular formula is C15H23N3O. The van der Waals surface area contributed by atoms with E-state index in [-0.39, 0.29) is 11.9 Å². The molecule has 0 aliphatic carbocycles. The molecule has 0 unspecified atom stereocenters. The van der Waals surface area contributed by atoms with Crippen molar-refractivity contribution in [2.75, 3.05) is 24.5 Å². The molecule has 4 heteroatoms. The lowest BCUT2D eigenvalue weighted by molar-refractivity contribution is -0.122. The van der Waals surface area contributed by atoms with E-state index in [0.717, 1.165) is 25.9 Å². The van der Waals surface area contributed by atoms with E-state index in [0.29, 0.717) is 13.0 Å². The zero-order chi connectivity index (χ0) is 13.7. The number of rotatable bonds is 6. The largest absolute Gasteiger partial charge is 0.371 e. The van der Waals surface area contributed by atoms with Crippen molar-refractivity contribution in [2.45, 2.75) is 32.2 Å². The minimum Gasteiger partial charge on any atom is -0.371 e. The summed E-state index contributed by atoms with van der Waals surface area (Å²) in [5.41, 5.74) is 8.44. The number of nitrogens with one attached hydrogen (secondary N) is 1. The molecule has 1 aromatic carbocycles. The first-order valence-corrected chi connectivity index (χ1v) is 7.08. The number of carbonyl (C=O) groups is 1. The second-order valence-electron chi connectivity index (χ2n) is 5.03. The van der Waals surface area contributed by atoms with Crippen molar-refractivity contribution in [1.29, 1.82) is 0 Å². The summed E-state index contributed by atoms with van der Waals surface area (Å²) in [4.78, 5) is 13.9. The maximum absolute atomic E-state index is 11.5. The highest BCUT2D eigenvalue weighted by Crippen LogP contribution is 2.27. The van der Waals surface area contributed by atoms with E-state index in [2.05, 4.69) is 34.5 Å². The van der Waals surface area contributed by atoms with Crippen LogP contribution >= 0.6 is 0 Å². The van der Waals surface area contributed by atoms with Gasteiger partial charge in [-0.2, -0.15) is 0 Å². The molecule has 4 nitrogen and oxygen atoms in total. The number of hydrogen-bond donors (Lipinski definition) is 2. The first-order valence-electron chi connectivity index (χ1n) is 7.08. The normalized spacial score (nSPS) is 15.2. The Morgan fingerprint density at radius 1 is 1.47 bits per heavy atom. The van der Waals surface area contributed by atoms with Crippen LogP contribution in [0.2, 0.25) is 0 Å². The molecule has 1 aliphatic heterocycles. The summed E-state index contributed by atoms with van der Waals surface area (Å²) in [7, 11) is 0. The Morgan fingerprint density at radius 2 is 2.26 bits per heavy atom. The lowest BCUT2D eigenvalue weighted by Crippen LogP contribution is -2.41. The molecule has 0 spiro atoms. The van der Waals surface area contributed by atoms with Crippen LogP contribution in [-0.4, -0.2) is 31.6 Å². The van der Waals surface area contributed by atoms with Crippen molar-refractivity contribution in [3.63, 3.8) is 0 Å².